The van der Waals surface area contributed by atoms with E-state index in [2.05, 4.69) is 10.3 Å². The van der Waals surface area contributed by atoms with Crippen molar-refractivity contribution in [1.29, 1.82) is 5.26 Å². The highest BCUT2D eigenvalue weighted by Crippen LogP contribution is 2.28. The minimum atomic E-state index is -0.713. The normalized spacial score (nSPS) is 10.8. The van der Waals surface area contributed by atoms with Crippen molar-refractivity contribution in [3.63, 3.8) is 0 Å². The molecule has 2 aromatic rings. The number of rotatable bonds is 2. The molecule has 0 fully saturated rings. The van der Waals surface area contributed by atoms with Crippen LogP contribution in [0.3, 0.4) is 0 Å². The first kappa shape index (κ1) is 17.2. The van der Waals surface area contributed by atoms with E-state index in [9.17, 15) is 9.59 Å². The van der Waals surface area contributed by atoms with E-state index in [0.29, 0.717) is 11.1 Å². The first-order chi connectivity index (χ1) is 11.2. The summed E-state index contributed by atoms with van der Waals surface area (Å²) in [6.07, 6.45) is 5.67. The highest BCUT2D eigenvalue weighted by atomic mass is 16.6. The number of nitrogens with one attached hydrogen (secondary N) is 1. The third-order valence-electron chi connectivity index (χ3n) is 3.22. The highest BCUT2D eigenvalue weighted by Gasteiger charge is 2.26. The van der Waals surface area contributed by atoms with Crippen LogP contribution in [-0.4, -0.2) is 27.2 Å². The summed E-state index contributed by atoms with van der Waals surface area (Å²) in [6.45, 7) is 6.92. The monoisotopic (exact) mass is 326 g/mol. The van der Waals surface area contributed by atoms with E-state index in [1.807, 2.05) is 0 Å². The van der Waals surface area contributed by atoms with Crippen molar-refractivity contribution in [3.05, 3.63) is 42.0 Å². The zero-order chi connectivity index (χ0) is 17.9. The molecule has 1 amide bonds. The van der Waals surface area contributed by atoms with Gasteiger partial charge in [0, 0.05) is 24.2 Å². The van der Waals surface area contributed by atoms with Crippen molar-refractivity contribution in [2.75, 3.05) is 0 Å². The maximum Gasteiger partial charge on any atom is 0.419 e. The number of carbonyl (C=O) groups is 2. The SMILES string of the molecule is Cc1c(-c2ccncc2)cn(C(=O)OC(C)(C)C)c1C(=O)NC#N. The Morgan fingerprint density at radius 2 is 1.92 bits per heavy atom. The Labute approximate surface area is 139 Å². The number of nitriles is 1. The van der Waals surface area contributed by atoms with Crippen LogP contribution in [-0.2, 0) is 4.74 Å². The average molecular weight is 326 g/mol. The van der Waals surface area contributed by atoms with Crippen LogP contribution < -0.4 is 5.32 Å². The Morgan fingerprint density at radius 1 is 1.29 bits per heavy atom. The number of ether oxygens (including phenoxy) is 1. The van der Waals surface area contributed by atoms with E-state index in [1.165, 1.54) is 6.20 Å². The van der Waals surface area contributed by atoms with Gasteiger partial charge in [-0.15, -0.1) is 0 Å². The summed E-state index contributed by atoms with van der Waals surface area (Å²) in [5, 5.41) is 10.8. The molecule has 0 aromatic carbocycles. The van der Waals surface area contributed by atoms with Gasteiger partial charge in [-0.3, -0.25) is 15.1 Å². The molecule has 124 valence electrons. The molecule has 0 saturated carbocycles. The summed E-state index contributed by atoms with van der Waals surface area (Å²) < 4.78 is 6.47. The molecule has 1 N–H and O–H groups in total. The lowest BCUT2D eigenvalue weighted by Crippen LogP contribution is -2.30. The Hall–Kier alpha value is -3.14. The van der Waals surface area contributed by atoms with Crippen LogP contribution >= 0.6 is 0 Å². The molecule has 0 aliphatic carbocycles. The lowest BCUT2D eigenvalue weighted by Gasteiger charge is -2.20. The van der Waals surface area contributed by atoms with Crippen molar-refractivity contribution < 1.29 is 14.3 Å². The van der Waals surface area contributed by atoms with Crippen LogP contribution in [0.2, 0.25) is 0 Å². The number of aromatic nitrogens is 2. The van der Waals surface area contributed by atoms with Gasteiger partial charge in [0.25, 0.3) is 5.91 Å². The predicted octanol–water partition coefficient (Wildman–Crippen LogP) is 2.85. The number of hydrogen-bond donors (Lipinski definition) is 1. The molecule has 0 aliphatic rings. The first-order valence-electron chi connectivity index (χ1n) is 7.29. The number of amides is 1. The number of pyridine rings is 1. The van der Waals surface area contributed by atoms with Crippen molar-refractivity contribution in [3.8, 4) is 17.3 Å². The van der Waals surface area contributed by atoms with E-state index in [0.717, 1.165) is 10.1 Å². The van der Waals surface area contributed by atoms with E-state index in [4.69, 9.17) is 10.00 Å². The van der Waals surface area contributed by atoms with Gasteiger partial charge in [-0.25, -0.2) is 9.36 Å². The Balaban J connectivity index is 2.58. The predicted molar refractivity (Wildman–Crippen MR) is 87.1 cm³/mol. The zero-order valence-electron chi connectivity index (χ0n) is 14.0. The van der Waals surface area contributed by atoms with Crippen LogP contribution in [0.15, 0.2) is 30.7 Å². The molecule has 7 nitrogen and oxygen atoms in total. The van der Waals surface area contributed by atoms with Crippen LogP contribution in [0.25, 0.3) is 11.1 Å². The third kappa shape index (κ3) is 3.60. The highest BCUT2D eigenvalue weighted by molar-refractivity contribution is 6.00. The van der Waals surface area contributed by atoms with Crippen molar-refractivity contribution >= 4 is 12.0 Å². The van der Waals surface area contributed by atoms with Gasteiger partial charge in [0.2, 0.25) is 0 Å². The fourth-order valence-corrected chi connectivity index (χ4v) is 2.27. The second-order valence-electron chi connectivity index (χ2n) is 6.17. The molecular weight excluding hydrogens is 308 g/mol. The second-order valence-corrected chi connectivity index (χ2v) is 6.17. The van der Waals surface area contributed by atoms with Crippen LogP contribution in [0.4, 0.5) is 4.79 Å². The molecule has 0 bridgehead atoms. The Morgan fingerprint density at radius 3 is 2.46 bits per heavy atom. The standard InChI is InChI=1S/C17H18N4O3/c1-11-13(12-5-7-19-8-6-12)9-21(14(11)15(22)20-10-18)16(23)24-17(2,3)4/h5-9H,1-4H3,(H,20,22). The van der Waals surface area contributed by atoms with Gasteiger partial charge in [0.1, 0.15) is 11.3 Å². The summed E-state index contributed by atoms with van der Waals surface area (Å²) in [5.74, 6) is -0.666. The fraction of sp³-hybridized carbons (Fsp3) is 0.294. The molecule has 0 saturated heterocycles. The fourth-order valence-electron chi connectivity index (χ4n) is 2.27. The van der Waals surface area contributed by atoms with E-state index >= 15 is 0 Å². The summed E-state index contributed by atoms with van der Waals surface area (Å²) in [5.41, 5.74) is 1.41. The minimum absolute atomic E-state index is 0.0672. The van der Waals surface area contributed by atoms with Gasteiger partial charge in [-0.1, -0.05) is 0 Å². The van der Waals surface area contributed by atoms with Crippen LogP contribution in [0.1, 0.15) is 36.8 Å². The first-order valence-corrected chi connectivity index (χ1v) is 7.29. The van der Waals surface area contributed by atoms with Gasteiger partial charge in [0.15, 0.2) is 6.19 Å². The Kier molecular flexibility index (Phi) is 4.69. The molecule has 0 aliphatic heterocycles. The number of nitrogens with zero attached hydrogens (tertiary/aromatic N) is 3. The number of carbonyl (C=O) groups excluding carboxylic acids is 2. The van der Waals surface area contributed by atoms with Gasteiger partial charge in [0.05, 0.1) is 0 Å². The van der Waals surface area contributed by atoms with Crippen molar-refractivity contribution in [1.82, 2.24) is 14.9 Å². The van der Waals surface area contributed by atoms with Gasteiger partial charge in [-0.2, -0.15) is 5.26 Å². The summed E-state index contributed by atoms with van der Waals surface area (Å²) >= 11 is 0. The molecule has 0 spiro atoms. The average Bonchev–Trinajstić information content (AvgIpc) is 2.84. The second kappa shape index (κ2) is 6.54. The van der Waals surface area contributed by atoms with Gasteiger partial charge < -0.3 is 4.74 Å². The van der Waals surface area contributed by atoms with Crippen LogP contribution in [0.5, 0.6) is 0 Å². The number of hydrogen-bond acceptors (Lipinski definition) is 5. The van der Waals surface area contributed by atoms with Crippen molar-refractivity contribution in [2.24, 2.45) is 0 Å². The molecule has 7 heteroatoms. The van der Waals surface area contributed by atoms with E-state index < -0.39 is 17.6 Å². The zero-order valence-corrected chi connectivity index (χ0v) is 14.0. The molecule has 24 heavy (non-hydrogen) atoms. The molecule has 0 radical (unpaired) electrons. The quantitative estimate of drug-likeness (QED) is 0.676. The molecule has 2 aromatic heterocycles. The lowest BCUT2D eigenvalue weighted by atomic mass is 10.1. The van der Waals surface area contributed by atoms with Gasteiger partial charge in [-0.05, 0) is 51.0 Å². The molecule has 0 atom stereocenters. The lowest BCUT2D eigenvalue weighted by molar-refractivity contribution is 0.0527. The summed E-state index contributed by atoms with van der Waals surface area (Å²) in [7, 11) is 0. The van der Waals surface area contributed by atoms with Crippen molar-refractivity contribution in [2.45, 2.75) is 33.3 Å². The topological polar surface area (TPSA) is 97.0 Å². The minimum Gasteiger partial charge on any atom is -0.443 e. The van der Waals surface area contributed by atoms with Gasteiger partial charge >= 0.3 is 6.09 Å². The van der Waals surface area contributed by atoms with Crippen LogP contribution in [0, 0.1) is 18.4 Å². The largest absolute Gasteiger partial charge is 0.443 e. The Bertz CT molecular complexity index is 811. The summed E-state index contributed by atoms with van der Waals surface area (Å²) in [4.78, 5) is 28.6. The smallest absolute Gasteiger partial charge is 0.419 e. The summed E-state index contributed by atoms with van der Waals surface area (Å²) in [6, 6.07) is 3.54. The maximum absolute atomic E-state index is 12.5. The molecule has 2 rings (SSSR count). The third-order valence-corrected chi connectivity index (χ3v) is 3.22. The van der Waals surface area contributed by atoms with E-state index in [-0.39, 0.29) is 5.69 Å². The molecule has 2 heterocycles. The maximum atomic E-state index is 12.5. The molecular formula is C17H18N4O3. The molecule has 0 unspecified atom stereocenters. The van der Waals surface area contributed by atoms with E-state index in [1.54, 1.807) is 58.4 Å².